The van der Waals surface area contributed by atoms with Crippen molar-refractivity contribution in [3.8, 4) is 0 Å². The molecule has 0 spiro atoms. The molecule has 0 aliphatic heterocycles. The van der Waals surface area contributed by atoms with E-state index in [1.54, 1.807) is 13.8 Å². The van der Waals surface area contributed by atoms with Crippen molar-refractivity contribution in [1.82, 2.24) is 0 Å². The molecule has 0 amide bonds. The summed E-state index contributed by atoms with van der Waals surface area (Å²) in [6.07, 6.45) is -0.167. The lowest BCUT2D eigenvalue weighted by Crippen LogP contribution is -1.85. The molecule has 6 heavy (non-hydrogen) atoms. The van der Waals surface area contributed by atoms with Crippen molar-refractivity contribution < 1.29 is 10.6 Å². The molecule has 3 N–H and O–H groups in total. The van der Waals surface area contributed by atoms with Gasteiger partial charge in [-0.3, -0.25) is 0 Å². The third kappa shape index (κ3) is 984. The molecule has 0 aromatic carbocycles. The largest absolute Gasteiger partial charge is 0.412 e. The van der Waals surface area contributed by atoms with Gasteiger partial charge in [-0.1, -0.05) is 0 Å². The van der Waals surface area contributed by atoms with Gasteiger partial charge >= 0.3 is 0 Å². The highest BCUT2D eigenvalue weighted by Crippen LogP contribution is 1.65. The predicted octanol–water partition coefficient (Wildman–Crippen LogP) is -0.0158. The van der Waals surface area contributed by atoms with Gasteiger partial charge < -0.3 is 10.6 Å². The minimum Gasteiger partial charge on any atom is -0.412 e. The van der Waals surface area contributed by atoms with Crippen molar-refractivity contribution in [3.63, 3.8) is 0 Å². The maximum Gasteiger partial charge on any atom is 0.0483 e. The zero-order valence-corrected chi connectivity index (χ0v) is 4.75. The van der Waals surface area contributed by atoms with E-state index in [-0.39, 0.29) is 24.0 Å². The van der Waals surface area contributed by atoms with Crippen molar-refractivity contribution >= 4 is 12.4 Å². The Balaban J connectivity index is -0.0000000450. The van der Waals surface area contributed by atoms with E-state index >= 15 is 0 Å². The van der Waals surface area contributed by atoms with Crippen molar-refractivity contribution in [2.24, 2.45) is 0 Å². The van der Waals surface area contributed by atoms with Gasteiger partial charge in [0.25, 0.3) is 0 Å². The zero-order valence-electron chi connectivity index (χ0n) is 3.93. The molecule has 0 aromatic heterocycles. The number of aliphatic hydroxyl groups excluding tert-OH is 1. The van der Waals surface area contributed by atoms with Crippen molar-refractivity contribution in [2.75, 3.05) is 0 Å². The third-order valence-electron chi connectivity index (χ3n) is 0. The van der Waals surface area contributed by atoms with Gasteiger partial charge in [0.2, 0.25) is 0 Å². The van der Waals surface area contributed by atoms with E-state index < -0.39 is 0 Å². The number of hydrogen-bond donors (Lipinski definition) is 1. The van der Waals surface area contributed by atoms with Crippen LogP contribution in [0.5, 0.6) is 0 Å². The van der Waals surface area contributed by atoms with Gasteiger partial charge in [0.1, 0.15) is 0 Å². The SMILES string of the molecule is CC(C)O.Cl.O. The fourth-order valence-corrected chi connectivity index (χ4v) is 0. The first-order valence-electron chi connectivity index (χ1n) is 1.41. The number of rotatable bonds is 0. The highest BCUT2D eigenvalue weighted by atomic mass is 35.5. The lowest BCUT2D eigenvalue weighted by molar-refractivity contribution is 0.216. The summed E-state index contributed by atoms with van der Waals surface area (Å²) in [7, 11) is 0. The van der Waals surface area contributed by atoms with Crippen LogP contribution in [-0.4, -0.2) is 16.7 Å². The molecule has 42 valence electrons. The summed E-state index contributed by atoms with van der Waals surface area (Å²) < 4.78 is 0. The molecule has 0 rings (SSSR count). The average molecular weight is 115 g/mol. The summed E-state index contributed by atoms with van der Waals surface area (Å²) in [4.78, 5) is 0. The normalized spacial score (nSPS) is 6.00. The highest BCUT2D eigenvalue weighted by molar-refractivity contribution is 5.85. The van der Waals surface area contributed by atoms with Crippen molar-refractivity contribution in [1.29, 1.82) is 0 Å². The van der Waals surface area contributed by atoms with Crippen LogP contribution in [0.3, 0.4) is 0 Å². The second kappa shape index (κ2) is 8.96. The van der Waals surface area contributed by atoms with Gasteiger partial charge in [0.15, 0.2) is 0 Å². The van der Waals surface area contributed by atoms with E-state index in [0.29, 0.717) is 0 Å². The second-order valence-electron chi connectivity index (χ2n) is 1.09. The lowest BCUT2D eigenvalue weighted by atomic mass is 10.5. The molecule has 3 heteroatoms. The van der Waals surface area contributed by atoms with E-state index in [2.05, 4.69) is 0 Å². The van der Waals surface area contributed by atoms with Crippen molar-refractivity contribution in [2.45, 2.75) is 20.0 Å². The number of hydrogen-bond acceptors (Lipinski definition) is 1. The fraction of sp³-hybridized carbons (Fsp3) is 1.00. The van der Waals surface area contributed by atoms with Crippen LogP contribution in [-0.2, 0) is 0 Å². The second-order valence-corrected chi connectivity index (χ2v) is 1.09. The molecular formula is C3H11ClO2. The van der Waals surface area contributed by atoms with Crippen LogP contribution in [0.1, 0.15) is 13.8 Å². The molecule has 0 aromatic rings. The maximum atomic E-state index is 8.06. The van der Waals surface area contributed by atoms with Gasteiger partial charge in [-0.05, 0) is 13.8 Å². The van der Waals surface area contributed by atoms with Crippen LogP contribution >= 0.6 is 12.4 Å². The summed E-state index contributed by atoms with van der Waals surface area (Å²) in [5.41, 5.74) is 0. The molecule has 0 atom stereocenters. The first kappa shape index (κ1) is 16.4. The number of aliphatic hydroxyl groups is 1. The molecule has 0 fully saturated rings. The molecule has 0 bridgehead atoms. The van der Waals surface area contributed by atoms with Crippen LogP contribution < -0.4 is 0 Å². The van der Waals surface area contributed by atoms with Gasteiger partial charge in [-0.2, -0.15) is 0 Å². The summed E-state index contributed by atoms with van der Waals surface area (Å²) >= 11 is 0. The van der Waals surface area contributed by atoms with E-state index in [0.717, 1.165) is 0 Å². The Morgan fingerprint density at radius 1 is 1.33 bits per heavy atom. The first-order chi connectivity index (χ1) is 1.73. The molecule has 0 unspecified atom stereocenters. The summed E-state index contributed by atoms with van der Waals surface area (Å²) in [6, 6.07) is 0. The molecule has 0 heterocycles. The Labute approximate surface area is 43.9 Å². The monoisotopic (exact) mass is 114 g/mol. The van der Waals surface area contributed by atoms with Gasteiger partial charge in [-0.25, -0.2) is 0 Å². The topological polar surface area (TPSA) is 51.7 Å². The standard InChI is InChI=1S/C3H8O.ClH.H2O/c1-3(2)4;;/h3-4H,1-2H3;1H;1H2. The fourth-order valence-electron chi connectivity index (χ4n) is 0. The van der Waals surface area contributed by atoms with E-state index in [1.165, 1.54) is 0 Å². The Hall–Kier alpha value is 0.210. The predicted molar refractivity (Wildman–Crippen MR) is 28.2 cm³/mol. The first-order valence-corrected chi connectivity index (χ1v) is 1.41. The summed E-state index contributed by atoms with van der Waals surface area (Å²) in [5.74, 6) is 0. The molecule has 0 aliphatic rings. The minimum absolute atomic E-state index is 0. The summed E-state index contributed by atoms with van der Waals surface area (Å²) in [5, 5.41) is 8.06. The maximum absolute atomic E-state index is 8.06. The minimum atomic E-state index is -0.167. The van der Waals surface area contributed by atoms with Gasteiger partial charge in [-0.15, -0.1) is 12.4 Å². The molecule has 2 nitrogen and oxygen atoms in total. The van der Waals surface area contributed by atoms with Crippen LogP contribution in [0.4, 0.5) is 0 Å². The Morgan fingerprint density at radius 3 is 1.33 bits per heavy atom. The van der Waals surface area contributed by atoms with E-state index in [1.807, 2.05) is 0 Å². The van der Waals surface area contributed by atoms with Crippen LogP contribution in [0.25, 0.3) is 0 Å². The van der Waals surface area contributed by atoms with Crippen molar-refractivity contribution in [3.05, 3.63) is 0 Å². The third-order valence-corrected chi connectivity index (χ3v) is 0. The average Bonchev–Trinajstić information content (AvgIpc) is 0.811. The highest BCUT2D eigenvalue weighted by Gasteiger charge is 1.69. The molecule has 0 saturated heterocycles. The van der Waals surface area contributed by atoms with Gasteiger partial charge in [0, 0.05) is 6.10 Å². The Bertz CT molecular complexity index is 13.5. The molecule has 0 saturated carbocycles. The number of halogens is 1. The molecule has 0 aliphatic carbocycles. The van der Waals surface area contributed by atoms with Crippen LogP contribution in [0.2, 0.25) is 0 Å². The molecular weight excluding hydrogens is 103 g/mol. The van der Waals surface area contributed by atoms with E-state index in [4.69, 9.17) is 5.11 Å². The van der Waals surface area contributed by atoms with Gasteiger partial charge in [0.05, 0.1) is 0 Å². The van der Waals surface area contributed by atoms with Crippen LogP contribution in [0, 0.1) is 0 Å². The quantitative estimate of drug-likeness (QED) is 0.473. The summed E-state index contributed by atoms with van der Waals surface area (Å²) in [6.45, 7) is 3.44. The van der Waals surface area contributed by atoms with E-state index in [9.17, 15) is 0 Å². The van der Waals surface area contributed by atoms with Crippen LogP contribution in [0.15, 0.2) is 0 Å². The Kier molecular flexibility index (Phi) is 24.4. The smallest absolute Gasteiger partial charge is 0.0483 e. The zero-order chi connectivity index (χ0) is 3.58. The molecule has 0 radical (unpaired) electrons. The Morgan fingerprint density at radius 2 is 1.33 bits per heavy atom. The lowest BCUT2D eigenvalue weighted by Gasteiger charge is -1.80.